The number of ether oxygens (including phenoxy) is 3. The Balaban J connectivity index is 1.63. The second kappa shape index (κ2) is 9.65. The summed E-state index contributed by atoms with van der Waals surface area (Å²) in [4.78, 5) is 46.2. The van der Waals surface area contributed by atoms with Crippen LogP contribution in [-0.2, 0) is 14.4 Å². The monoisotopic (exact) mass is 441 g/mol. The van der Waals surface area contributed by atoms with E-state index in [0.717, 1.165) is 5.56 Å². The van der Waals surface area contributed by atoms with Gasteiger partial charge in [0, 0.05) is 6.07 Å². The lowest BCUT2D eigenvalue weighted by atomic mass is 10.1. The molecule has 0 saturated carbocycles. The summed E-state index contributed by atoms with van der Waals surface area (Å²) >= 11 is 0. The largest absolute Gasteiger partial charge is 0.497 e. The number of methoxy groups -OCH3 is 1. The summed E-state index contributed by atoms with van der Waals surface area (Å²) in [6, 6.07) is 9.86. The van der Waals surface area contributed by atoms with Gasteiger partial charge >= 0.3 is 11.9 Å². The minimum atomic E-state index is -1.57. The molecule has 0 bridgehead atoms. The fourth-order valence-electron chi connectivity index (χ4n) is 2.87. The summed E-state index contributed by atoms with van der Waals surface area (Å²) < 4.78 is 16.0. The Morgan fingerprint density at radius 1 is 1.09 bits per heavy atom. The third-order valence-corrected chi connectivity index (χ3v) is 4.44. The van der Waals surface area contributed by atoms with E-state index in [9.17, 15) is 19.2 Å². The lowest BCUT2D eigenvalue weighted by Gasteiger charge is -2.13. The molecule has 0 fully saturated rings. The summed E-state index contributed by atoms with van der Waals surface area (Å²) in [6.45, 7) is -0.551. The molecule has 166 valence electrons. The van der Waals surface area contributed by atoms with Crippen molar-refractivity contribution < 1.29 is 43.6 Å². The molecule has 3 rings (SSSR count). The molecule has 1 aliphatic rings. The number of amides is 1. The highest BCUT2D eigenvalue weighted by atomic mass is 16.5. The molecular weight excluding hydrogens is 422 g/mol. The van der Waals surface area contributed by atoms with Crippen molar-refractivity contribution in [1.29, 1.82) is 0 Å². The van der Waals surface area contributed by atoms with Crippen LogP contribution < -0.4 is 19.5 Å². The van der Waals surface area contributed by atoms with Gasteiger partial charge in [-0.1, -0.05) is 12.1 Å². The number of hydrogen-bond donors (Lipinski definition) is 3. The van der Waals surface area contributed by atoms with Crippen molar-refractivity contribution in [3.63, 3.8) is 0 Å². The Morgan fingerprint density at radius 2 is 1.78 bits per heavy atom. The molecule has 0 aromatic heterocycles. The van der Waals surface area contributed by atoms with Gasteiger partial charge in [-0.25, -0.2) is 4.79 Å². The Labute approximate surface area is 182 Å². The van der Waals surface area contributed by atoms with Gasteiger partial charge in [0.2, 0.25) is 5.78 Å². The normalized spacial score (nSPS) is 14.3. The van der Waals surface area contributed by atoms with E-state index in [1.54, 1.807) is 37.5 Å². The number of hydrogen-bond acceptors (Lipinski definition) is 7. The number of carbonyl (C=O) groups is 4. The minimum absolute atomic E-state index is 0.123. The molecule has 3 N–H and O–H groups in total. The molecule has 0 radical (unpaired) electrons. The molecule has 32 heavy (non-hydrogen) atoms. The lowest BCUT2D eigenvalue weighted by molar-refractivity contribution is -0.147. The van der Waals surface area contributed by atoms with Gasteiger partial charge in [0.1, 0.15) is 23.3 Å². The topological polar surface area (TPSA) is 148 Å². The molecule has 1 aliphatic heterocycles. The van der Waals surface area contributed by atoms with Crippen molar-refractivity contribution in [3.8, 4) is 17.2 Å². The average Bonchev–Trinajstić information content (AvgIpc) is 3.06. The standard InChI is InChI=1S/C22H19NO9/c1-30-13-4-2-12(3-5-13)8-18-21(27)15-7-6-14(9-17(15)32-18)31-11-19(24)23-16(22(28)29)10-20(25)26/h2-9,16H,10-11H2,1H3,(H,23,24)(H,25,26)(H,28,29). The Morgan fingerprint density at radius 3 is 2.41 bits per heavy atom. The van der Waals surface area contributed by atoms with E-state index in [-0.39, 0.29) is 23.0 Å². The van der Waals surface area contributed by atoms with Crippen molar-refractivity contribution in [2.75, 3.05) is 13.7 Å². The van der Waals surface area contributed by atoms with Crippen LogP contribution in [0.1, 0.15) is 22.3 Å². The van der Waals surface area contributed by atoms with E-state index >= 15 is 0 Å². The van der Waals surface area contributed by atoms with Crippen LogP contribution in [0.25, 0.3) is 6.08 Å². The molecule has 0 aliphatic carbocycles. The van der Waals surface area contributed by atoms with E-state index in [1.165, 1.54) is 18.2 Å². The van der Waals surface area contributed by atoms with Crippen LogP contribution in [0.4, 0.5) is 0 Å². The SMILES string of the molecule is COc1ccc(C=C2Oc3cc(OCC(=O)NC(CC(=O)O)C(=O)O)ccc3C2=O)cc1. The number of nitrogens with one attached hydrogen (secondary N) is 1. The van der Waals surface area contributed by atoms with Crippen LogP contribution in [0.5, 0.6) is 17.2 Å². The number of Topliss-reactive ketones (excluding diaryl/α,β-unsaturated/α-hetero) is 1. The summed E-state index contributed by atoms with van der Waals surface area (Å²) in [5, 5.41) is 19.7. The van der Waals surface area contributed by atoms with Gasteiger partial charge in [-0.05, 0) is 35.9 Å². The van der Waals surface area contributed by atoms with Crippen LogP contribution in [0.3, 0.4) is 0 Å². The third kappa shape index (κ3) is 5.42. The number of ketones is 1. The number of carboxylic acids is 2. The van der Waals surface area contributed by atoms with E-state index in [2.05, 4.69) is 5.32 Å². The molecule has 1 unspecified atom stereocenters. The van der Waals surface area contributed by atoms with E-state index < -0.39 is 36.9 Å². The lowest BCUT2D eigenvalue weighted by Crippen LogP contribution is -2.44. The highest BCUT2D eigenvalue weighted by Gasteiger charge is 2.28. The highest BCUT2D eigenvalue weighted by Crippen LogP contribution is 2.35. The van der Waals surface area contributed by atoms with E-state index in [0.29, 0.717) is 11.3 Å². The first-order chi connectivity index (χ1) is 15.3. The number of allylic oxidation sites excluding steroid dienone is 1. The highest BCUT2D eigenvalue weighted by molar-refractivity contribution is 6.14. The predicted octanol–water partition coefficient (Wildman–Crippen LogP) is 1.73. The second-order valence-electron chi connectivity index (χ2n) is 6.72. The van der Waals surface area contributed by atoms with Crippen molar-refractivity contribution in [2.45, 2.75) is 12.5 Å². The van der Waals surface area contributed by atoms with Gasteiger partial charge in [0.05, 0.1) is 19.1 Å². The van der Waals surface area contributed by atoms with Gasteiger partial charge in [-0.2, -0.15) is 0 Å². The fourth-order valence-corrected chi connectivity index (χ4v) is 2.87. The summed E-state index contributed by atoms with van der Waals surface area (Å²) in [7, 11) is 1.55. The third-order valence-electron chi connectivity index (χ3n) is 4.44. The van der Waals surface area contributed by atoms with Gasteiger partial charge in [0.25, 0.3) is 5.91 Å². The number of fused-ring (bicyclic) bond motifs is 1. The number of carbonyl (C=O) groups excluding carboxylic acids is 2. The summed E-state index contributed by atoms with van der Waals surface area (Å²) in [5.74, 6) is -2.69. The quantitative estimate of drug-likeness (QED) is 0.495. The maximum Gasteiger partial charge on any atom is 0.326 e. The maximum absolute atomic E-state index is 12.5. The van der Waals surface area contributed by atoms with E-state index in [1.807, 2.05) is 0 Å². The first-order valence-corrected chi connectivity index (χ1v) is 9.36. The predicted molar refractivity (Wildman–Crippen MR) is 110 cm³/mol. The number of carboxylic acid groups (broad SMARTS) is 2. The summed E-state index contributed by atoms with van der Waals surface area (Å²) in [6.07, 6.45) is 0.823. The first-order valence-electron chi connectivity index (χ1n) is 9.36. The second-order valence-corrected chi connectivity index (χ2v) is 6.72. The van der Waals surface area contributed by atoms with Crippen molar-refractivity contribution in [1.82, 2.24) is 5.32 Å². The molecule has 0 saturated heterocycles. The molecule has 1 atom stereocenters. The minimum Gasteiger partial charge on any atom is -0.497 e. The molecule has 1 heterocycles. The Hall–Kier alpha value is -4.34. The molecule has 0 spiro atoms. The number of benzene rings is 2. The molecule has 10 nitrogen and oxygen atoms in total. The van der Waals surface area contributed by atoms with Gasteiger partial charge in [-0.3, -0.25) is 14.4 Å². The molecule has 10 heteroatoms. The zero-order chi connectivity index (χ0) is 23.3. The van der Waals surface area contributed by atoms with Crippen LogP contribution in [0, 0.1) is 0 Å². The Kier molecular flexibility index (Phi) is 6.74. The molecule has 1 amide bonds. The average molecular weight is 441 g/mol. The molecule has 2 aromatic rings. The number of rotatable bonds is 9. The number of aliphatic carboxylic acids is 2. The van der Waals surface area contributed by atoms with Gasteiger partial charge in [0.15, 0.2) is 12.4 Å². The van der Waals surface area contributed by atoms with Crippen LogP contribution in [-0.4, -0.2) is 53.6 Å². The zero-order valence-corrected chi connectivity index (χ0v) is 16.9. The van der Waals surface area contributed by atoms with Crippen LogP contribution >= 0.6 is 0 Å². The van der Waals surface area contributed by atoms with Crippen LogP contribution in [0.2, 0.25) is 0 Å². The fraction of sp³-hybridized carbons (Fsp3) is 0.182. The van der Waals surface area contributed by atoms with Crippen molar-refractivity contribution in [2.24, 2.45) is 0 Å². The summed E-state index contributed by atoms with van der Waals surface area (Å²) in [5.41, 5.74) is 1.07. The van der Waals surface area contributed by atoms with Gasteiger partial charge in [-0.15, -0.1) is 0 Å². The molecule has 2 aromatic carbocycles. The van der Waals surface area contributed by atoms with Gasteiger partial charge < -0.3 is 29.7 Å². The first kappa shape index (κ1) is 22.3. The molecular formula is C22H19NO9. The van der Waals surface area contributed by atoms with Crippen molar-refractivity contribution >= 4 is 29.7 Å². The Bertz CT molecular complexity index is 1090. The van der Waals surface area contributed by atoms with Crippen molar-refractivity contribution in [3.05, 3.63) is 59.4 Å². The van der Waals surface area contributed by atoms with Crippen LogP contribution in [0.15, 0.2) is 48.2 Å². The smallest absolute Gasteiger partial charge is 0.326 e. The zero-order valence-electron chi connectivity index (χ0n) is 16.9. The van der Waals surface area contributed by atoms with E-state index in [4.69, 9.17) is 24.4 Å². The maximum atomic E-state index is 12.5.